The van der Waals surface area contributed by atoms with Crippen LogP contribution in [-0.4, -0.2) is 21.6 Å². The van der Waals surface area contributed by atoms with Crippen LogP contribution in [0.15, 0.2) is 36.9 Å². The van der Waals surface area contributed by atoms with Crippen LogP contribution in [0.5, 0.6) is 0 Å². The molecule has 116 valence electrons. The van der Waals surface area contributed by atoms with Crippen LogP contribution in [0.3, 0.4) is 0 Å². The molecule has 2 N–H and O–H groups in total. The third kappa shape index (κ3) is 3.84. The van der Waals surface area contributed by atoms with Gasteiger partial charge in [0.2, 0.25) is 12.2 Å². The molecule has 2 rings (SSSR count). The highest BCUT2D eigenvalue weighted by Crippen LogP contribution is 2.27. The molecule has 0 unspecified atom stereocenters. The molecule has 0 fully saturated rings. The molecule has 0 spiro atoms. The number of halogens is 1. The lowest BCUT2D eigenvalue weighted by atomic mass is 10.2. The first kappa shape index (κ1) is 16.0. The minimum Gasteiger partial charge on any atom is -0.325 e. The summed E-state index contributed by atoms with van der Waals surface area (Å²) in [6.45, 7) is 1.35. The summed E-state index contributed by atoms with van der Waals surface area (Å²) in [5.74, 6) is -0.772. The normalized spacial score (nSPS) is 10.4. The summed E-state index contributed by atoms with van der Waals surface area (Å²) in [7, 11) is 1.83. The van der Waals surface area contributed by atoms with Crippen LogP contribution < -0.4 is 14.9 Å². The number of anilines is 2. The second kappa shape index (κ2) is 6.59. The van der Waals surface area contributed by atoms with E-state index in [4.69, 9.17) is 11.6 Å². The van der Waals surface area contributed by atoms with Crippen molar-refractivity contribution in [1.29, 1.82) is 0 Å². The predicted molar refractivity (Wildman–Crippen MR) is 80.6 cm³/mol. The fraction of sp³-hybridized carbons (Fsp3) is 0.214. The summed E-state index contributed by atoms with van der Waals surface area (Å²) in [6.07, 6.45) is 5.23. The first-order chi connectivity index (χ1) is 10.4. The largest absolute Gasteiger partial charge is 0.325 e. The van der Waals surface area contributed by atoms with Gasteiger partial charge in [0, 0.05) is 6.92 Å². The number of hydrogen-bond acceptors (Lipinski definition) is 3. The van der Waals surface area contributed by atoms with Crippen molar-refractivity contribution in [2.24, 2.45) is 7.05 Å². The van der Waals surface area contributed by atoms with E-state index in [1.165, 1.54) is 25.1 Å². The standard InChI is InChI=1S/C14H15ClN4O3/c1-10(20)16-13-4-3-11(7-12(13)15)19(22)14(21)8-18-6-5-17(2)9-18/h3-7,9,22H,8H2,1-2H3/p+1. The second-order valence-corrected chi connectivity index (χ2v) is 5.21. The first-order valence-corrected chi connectivity index (χ1v) is 6.84. The van der Waals surface area contributed by atoms with Crippen LogP contribution in [-0.2, 0) is 23.2 Å². The average Bonchev–Trinajstić information content (AvgIpc) is 2.85. The van der Waals surface area contributed by atoms with E-state index in [0.717, 1.165) is 0 Å². The summed E-state index contributed by atoms with van der Waals surface area (Å²) < 4.78 is 3.42. The summed E-state index contributed by atoms with van der Waals surface area (Å²) in [6, 6.07) is 4.41. The Morgan fingerprint density at radius 3 is 2.73 bits per heavy atom. The Morgan fingerprint density at radius 1 is 1.45 bits per heavy atom. The lowest BCUT2D eigenvalue weighted by Gasteiger charge is -2.15. The van der Waals surface area contributed by atoms with Crippen molar-refractivity contribution in [3.05, 3.63) is 41.9 Å². The molecule has 0 saturated carbocycles. The minimum absolute atomic E-state index is 0.0115. The zero-order valence-electron chi connectivity index (χ0n) is 12.2. The molecule has 0 radical (unpaired) electrons. The Morgan fingerprint density at radius 2 is 2.18 bits per heavy atom. The van der Waals surface area contributed by atoms with Gasteiger partial charge in [-0.15, -0.1) is 0 Å². The molecule has 0 aliphatic carbocycles. The number of benzene rings is 1. The van der Waals surface area contributed by atoms with E-state index in [1.807, 2.05) is 7.05 Å². The third-order valence-electron chi connectivity index (χ3n) is 2.89. The lowest BCUT2D eigenvalue weighted by Crippen LogP contribution is -2.31. The minimum atomic E-state index is -0.514. The molecule has 8 heteroatoms. The molecule has 1 aromatic heterocycles. The second-order valence-electron chi connectivity index (χ2n) is 4.80. The summed E-state index contributed by atoms with van der Waals surface area (Å²) >= 11 is 6.01. The zero-order valence-corrected chi connectivity index (χ0v) is 12.9. The number of imidazole rings is 1. The van der Waals surface area contributed by atoms with Gasteiger partial charge in [-0.25, -0.2) is 9.13 Å². The van der Waals surface area contributed by atoms with E-state index < -0.39 is 5.91 Å². The fourth-order valence-electron chi connectivity index (χ4n) is 1.89. The van der Waals surface area contributed by atoms with Crippen LogP contribution in [0.4, 0.5) is 11.4 Å². The third-order valence-corrected chi connectivity index (χ3v) is 3.20. The Bertz CT molecular complexity index is 714. The van der Waals surface area contributed by atoms with Crippen LogP contribution in [0.25, 0.3) is 0 Å². The number of hydroxylamine groups is 1. The molecule has 2 amide bonds. The molecule has 7 nitrogen and oxygen atoms in total. The van der Waals surface area contributed by atoms with Crippen LogP contribution >= 0.6 is 11.6 Å². The van der Waals surface area contributed by atoms with Gasteiger partial charge in [0.25, 0.3) is 5.91 Å². The van der Waals surface area contributed by atoms with E-state index in [9.17, 15) is 14.8 Å². The van der Waals surface area contributed by atoms with E-state index in [-0.39, 0.29) is 23.2 Å². The average molecular weight is 324 g/mol. The molecule has 0 atom stereocenters. The number of aryl methyl sites for hydroxylation is 1. The summed E-state index contributed by atoms with van der Waals surface area (Å²) in [5.41, 5.74) is 0.636. The number of amides is 2. The summed E-state index contributed by atoms with van der Waals surface area (Å²) in [5, 5.41) is 13.3. The van der Waals surface area contributed by atoms with E-state index in [1.54, 1.807) is 27.9 Å². The van der Waals surface area contributed by atoms with Gasteiger partial charge in [0.15, 0.2) is 6.54 Å². The maximum atomic E-state index is 12.0. The summed E-state index contributed by atoms with van der Waals surface area (Å²) in [4.78, 5) is 23.0. The highest BCUT2D eigenvalue weighted by molar-refractivity contribution is 6.34. The highest BCUT2D eigenvalue weighted by atomic mass is 35.5. The molecule has 1 heterocycles. The lowest BCUT2D eigenvalue weighted by molar-refractivity contribution is -0.671. The fourth-order valence-corrected chi connectivity index (χ4v) is 2.11. The number of carbonyl (C=O) groups is 2. The van der Waals surface area contributed by atoms with Crippen LogP contribution in [0.2, 0.25) is 5.02 Å². The van der Waals surface area contributed by atoms with Crippen molar-refractivity contribution in [2.75, 3.05) is 10.4 Å². The molecule has 1 aromatic carbocycles. The molecule has 0 aliphatic rings. The smallest absolute Gasteiger partial charge is 0.292 e. The van der Waals surface area contributed by atoms with Gasteiger partial charge >= 0.3 is 0 Å². The Kier molecular flexibility index (Phi) is 4.79. The van der Waals surface area contributed by atoms with Crippen molar-refractivity contribution >= 4 is 34.8 Å². The molecule has 0 saturated heterocycles. The van der Waals surface area contributed by atoms with Crippen molar-refractivity contribution in [2.45, 2.75) is 13.5 Å². The molecular formula is C14H16ClN4O3+. The van der Waals surface area contributed by atoms with Crippen LogP contribution in [0.1, 0.15) is 6.92 Å². The van der Waals surface area contributed by atoms with Crippen molar-refractivity contribution in [1.82, 2.24) is 4.57 Å². The topological polar surface area (TPSA) is 78.5 Å². The molecule has 0 bridgehead atoms. The highest BCUT2D eigenvalue weighted by Gasteiger charge is 2.18. The predicted octanol–water partition coefficient (Wildman–Crippen LogP) is 1.35. The number of hydrogen-bond donors (Lipinski definition) is 2. The monoisotopic (exact) mass is 323 g/mol. The van der Waals surface area contributed by atoms with Crippen LogP contribution in [0, 0.1) is 0 Å². The molecule has 22 heavy (non-hydrogen) atoms. The zero-order chi connectivity index (χ0) is 16.3. The number of carbonyl (C=O) groups excluding carboxylic acids is 2. The van der Waals surface area contributed by atoms with Gasteiger partial charge in [-0.3, -0.25) is 14.8 Å². The SMILES string of the molecule is CC(=O)Nc1ccc(N(O)C(=O)Cn2cc[n+](C)c2)cc1Cl. The quantitative estimate of drug-likeness (QED) is 0.506. The van der Waals surface area contributed by atoms with E-state index in [2.05, 4.69) is 5.32 Å². The maximum Gasteiger partial charge on any atom is 0.292 e. The Balaban J connectivity index is 2.11. The van der Waals surface area contributed by atoms with Gasteiger partial charge in [-0.2, -0.15) is 5.06 Å². The van der Waals surface area contributed by atoms with Crippen molar-refractivity contribution in [3.63, 3.8) is 0 Å². The Hall–Kier alpha value is -2.38. The molecular weight excluding hydrogens is 308 g/mol. The van der Waals surface area contributed by atoms with Gasteiger partial charge in [0.05, 0.1) is 23.4 Å². The molecule has 2 aromatic rings. The maximum absolute atomic E-state index is 12.0. The number of aromatic nitrogens is 2. The number of rotatable bonds is 4. The van der Waals surface area contributed by atoms with Gasteiger partial charge in [-0.1, -0.05) is 11.6 Å². The number of nitrogens with zero attached hydrogens (tertiary/aromatic N) is 3. The first-order valence-electron chi connectivity index (χ1n) is 6.47. The van der Waals surface area contributed by atoms with E-state index >= 15 is 0 Å². The number of nitrogens with one attached hydrogen (secondary N) is 1. The van der Waals surface area contributed by atoms with Gasteiger partial charge in [-0.05, 0) is 18.2 Å². The van der Waals surface area contributed by atoms with Crippen molar-refractivity contribution in [3.8, 4) is 0 Å². The Labute approximate surface area is 132 Å². The van der Waals surface area contributed by atoms with Crippen molar-refractivity contribution < 1.29 is 19.4 Å². The van der Waals surface area contributed by atoms with E-state index in [0.29, 0.717) is 10.8 Å². The molecule has 0 aliphatic heterocycles. The van der Waals surface area contributed by atoms with Gasteiger partial charge in [0.1, 0.15) is 12.4 Å². The van der Waals surface area contributed by atoms with Gasteiger partial charge < -0.3 is 5.32 Å².